The molecule has 0 aliphatic rings. The quantitative estimate of drug-likeness (QED) is 0.782. The van der Waals surface area contributed by atoms with Gasteiger partial charge < -0.3 is 14.7 Å². The van der Waals surface area contributed by atoms with E-state index in [4.69, 9.17) is 9.84 Å². The van der Waals surface area contributed by atoms with Gasteiger partial charge in [0, 0.05) is 20.2 Å². The van der Waals surface area contributed by atoms with E-state index >= 15 is 0 Å². The van der Waals surface area contributed by atoms with Crippen molar-refractivity contribution in [1.82, 2.24) is 14.7 Å². The van der Waals surface area contributed by atoms with Crippen LogP contribution in [0.15, 0.2) is 16.9 Å². The van der Waals surface area contributed by atoms with E-state index in [-0.39, 0.29) is 24.4 Å². The number of carbonyl (C=O) groups is 2. The highest BCUT2D eigenvalue weighted by Gasteiger charge is 2.36. The maximum absolute atomic E-state index is 12.3. The Balaban J connectivity index is 3.08. The Morgan fingerprint density at radius 3 is 2.57 bits per heavy atom. The number of carbonyl (C=O) groups excluding carboxylic acids is 1. The topological polar surface area (TPSA) is 102 Å². The molecule has 1 amide bonds. The first-order chi connectivity index (χ1) is 9.71. The van der Waals surface area contributed by atoms with E-state index in [1.807, 2.05) is 0 Å². The molecule has 0 spiro atoms. The lowest BCUT2D eigenvalue weighted by Crippen LogP contribution is -2.51. The summed E-state index contributed by atoms with van der Waals surface area (Å²) < 4.78 is 5.97. The molecule has 8 heteroatoms. The van der Waals surface area contributed by atoms with Crippen molar-refractivity contribution >= 4 is 11.9 Å². The Morgan fingerprint density at radius 1 is 1.43 bits per heavy atom. The Labute approximate surface area is 121 Å². The Hall–Kier alpha value is -2.22. The van der Waals surface area contributed by atoms with Gasteiger partial charge in [0.25, 0.3) is 11.5 Å². The predicted molar refractivity (Wildman–Crippen MR) is 74.2 cm³/mol. The molecular weight excluding hydrogens is 278 g/mol. The van der Waals surface area contributed by atoms with Gasteiger partial charge in [-0.2, -0.15) is 5.10 Å². The van der Waals surface area contributed by atoms with Crippen LogP contribution >= 0.6 is 0 Å². The standard InChI is InChI=1S/C13H19N3O5/c1-13(2,12(19)20)15(3)11(18)9-5-6-10(17)16(14-9)7-8-21-4/h5-6H,7-8H2,1-4H3,(H,19,20). The van der Waals surface area contributed by atoms with Gasteiger partial charge in [0.05, 0.1) is 13.2 Å². The molecule has 1 aromatic heterocycles. The third-order valence-corrected chi connectivity index (χ3v) is 3.26. The molecule has 0 radical (unpaired) electrons. The van der Waals surface area contributed by atoms with Crippen LogP contribution in [0.2, 0.25) is 0 Å². The number of ether oxygens (including phenoxy) is 1. The molecule has 21 heavy (non-hydrogen) atoms. The number of aliphatic carboxylic acids is 1. The number of hydrogen-bond donors (Lipinski definition) is 1. The van der Waals surface area contributed by atoms with E-state index < -0.39 is 17.4 Å². The molecule has 0 aromatic carbocycles. The van der Waals surface area contributed by atoms with Crippen LogP contribution in [0.5, 0.6) is 0 Å². The summed E-state index contributed by atoms with van der Waals surface area (Å²) in [4.78, 5) is 36.1. The van der Waals surface area contributed by atoms with Crippen molar-refractivity contribution in [1.29, 1.82) is 0 Å². The van der Waals surface area contributed by atoms with Crippen LogP contribution in [0.25, 0.3) is 0 Å². The van der Waals surface area contributed by atoms with Crippen LogP contribution in [0, 0.1) is 0 Å². The first kappa shape index (κ1) is 16.8. The summed E-state index contributed by atoms with van der Waals surface area (Å²) in [7, 11) is 2.87. The van der Waals surface area contributed by atoms with Crippen molar-refractivity contribution in [2.24, 2.45) is 0 Å². The normalized spacial score (nSPS) is 11.2. The molecular formula is C13H19N3O5. The Morgan fingerprint density at radius 2 is 2.05 bits per heavy atom. The SMILES string of the molecule is COCCn1nc(C(=O)N(C)C(C)(C)C(=O)O)ccc1=O. The van der Waals surface area contributed by atoms with Gasteiger partial charge in [0.2, 0.25) is 0 Å². The molecule has 1 heterocycles. The summed E-state index contributed by atoms with van der Waals surface area (Å²) in [5, 5.41) is 13.1. The lowest BCUT2D eigenvalue weighted by Gasteiger charge is -2.31. The largest absolute Gasteiger partial charge is 0.480 e. The zero-order chi connectivity index (χ0) is 16.2. The fraction of sp³-hybridized carbons (Fsp3) is 0.538. The molecule has 1 rings (SSSR count). The van der Waals surface area contributed by atoms with Gasteiger partial charge in [-0.1, -0.05) is 0 Å². The minimum absolute atomic E-state index is 0.00234. The second-order valence-corrected chi connectivity index (χ2v) is 5.00. The summed E-state index contributed by atoms with van der Waals surface area (Å²) in [5.41, 5.74) is -1.74. The van der Waals surface area contributed by atoms with E-state index in [1.165, 1.54) is 40.1 Å². The summed E-state index contributed by atoms with van der Waals surface area (Å²) in [5.74, 6) is -1.71. The molecule has 0 aliphatic carbocycles. The fourth-order valence-corrected chi connectivity index (χ4v) is 1.47. The summed E-state index contributed by atoms with van der Waals surface area (Å²) in [6.45, 7) is 3.31. The van der Waals surface area contributed by atoms with Crippen LogP contribution in [0.4, 0.5) is 0 Å². The van der Waals surface area contributed by atoms with Crippen LogP contribution in [-0.2, 0) is 16.1 Å². The van der Waals surface area contributed by atoms with Crippen LogP contribution < -0.4 is 5.56 Å². The number of methoxy groups -OCH3 is 1. The average molecular weight is 297 g/mol. The van der Waals surface area contributed by atoms with Crippen molar-refractivity contribution in [2.45, 2.75) is 25.9 Å². The molecule has 8 nitrogen and oxygen atoms in total. The zero-order valence-electron chi connectivity index (χ0n) is 12.5. The molecule has 1 aromatic rings. The summed E-state index contributed by atoms with van der Waals surface area (Å²) in [6, 6.07) is 2.50. The molecule has 0 saturated carbocycles. The molecule has 0 bridgehead atoms. The molecule has 0 unspecified atom stereocenters. The summed E-state index contributed by atoms with van der Waals surface area (Å²) in [6.07, 6.45) is 0. The minimum atomic E-state index is -1.38. The average Bonchev–Trinajstić information content (AvgIpc) is 2.44. The van der Waals surface area contributed by atoms with E-state index in [1.54, 1.807) is 0 Å². The highest BCUT2D eigenvalue weighted by Crippen LogP contribution is 2.14. The Bertz CT molecular complexity index is 594. The number of hydrogen-bond acceptors (Lipinski definition) is 5. The smallest absolute Gasteiger partial charge is 0.329 e. The maximum atomic E-state index is 12.3. The molecule has 0 atom stereocenters. The molecule has 0 aliphatic heterocycles. The third kappa shape index (κ3) is 3.66. The van der Waals surface area contributed by atoms with E-state index in [0.717, 1.165) is 9.58 Å². The Kier molecular flexibility index (Phi) is 5.20. The first-order valence-electron chi connectivity index (χ1n) is 6.30. The predicted octanol–water partition coefficient (Wildman–Crippen LogP) is -0.175. The molecule has 1 N–H and O–H groups in total. The van der Waals surface area contributed by atoms with Crippen molar-refractivity contribution in [3.8, 4) is 0 Å². The number of aromatic nitrogens is 2. The van der Waals surface area contributed by atoms with Crippen LogP contribution in [0.3, 0.4) is 0 Å². The molecule has 0 fully saturated rings. The van der Waals surface area contributed by atoms with Crippen LogP contribution in [-0.4, -0.2) is 58.0 Å². The number of likely N-dealkylation sites (N-methyl/N-ethyl adjacent to an activating group) is 1. The monoisotopic (exact) mass is 297 g/mol. The minimum Gasteiger partial charge on any atom is -0.480 e. The van der Waals surface area contributed by atoms with Crippen molar-refractivity contribution in [3.05, 3.63) is 28.2 Å². The van der Waals surface area contributed by atoms with Gasteiger partial charge in [-0.05, 0) is 19.9 Å². The van der Waals surface area contributed by atoms with E-state index in [9.17, 15) is 14.4 Å². The third-order valence-electron chi connectivity index (χ3n) is 3.26. The van der Waals surface area contributed by atoms with Gasteiger partial charge in [-0.15, -0.1) is 0 Å². The maximum Gasteiger partial charge on any atom is 0.329 e. The number of carboxylic acid groups (broad SMARTS) is 1. The lowest BCUT2D eigenvalue weighted by molar-refractivity contribution is -0.147. The second kappa shape index (κ2) is 6.49. The summed E-state index contributed by atoms with van der Waals surface area (Å²) >= 11 is 0. The first-order valence-corrected chi connectivity index (χ1v) is 6.30. The number of nitrogens with zero attached hydrogens (tertiary/aromatic N) is 3. The van der Waals surface area contributed by atoms with Crippen LogP contribution in [0.1, 0.15) is 24.3 Å². The molecule has 0 saturated heterocycles. The number of amides is 1. The van der Waals surface area contributed by atoms with Gasteiger partial charge in [0.15, 0.2) is 0 Å². The van der Waals surface area contributed by atoms with Gasteiger partial charge in [0.1, 0.15) is 11.2 Å². The van der Waals surface area contributed by atoms with Crippen molar-refractivity contribution in [3.63, 3.8) is 0 Å². The highest BCUT2D eigenvalue weighted by atomic mass is 16.5. The molecule has 116 valence electrons. The van der Waals surface area contributed by atoms with Gasteiger partial charge in [-0.25, -0.2) is 9.48 Å². The van der Waals surface area contributed by atoms with Gasteiger partial charge >= 0.3 is 5.97 Å². The van der Waals surface area contributed by atoms with E-state index in [0.29, 0.717) is 0 Å². The van der Waals surface area contributed by atoms with Gasteiger partial charge in [-0.3, -0.25) is 9.59 Å². The number of rotatable bonds is 6. The van der Waals surface area contributed by atoms with E-state index in [2.05, 4.69) is 5.10 Å². The lowest BCUT2D eigenvalue weighted by atomic mass is 10.0. The fourth-order valence-electron chi connectivity index (χ4n) is 1.47. The number of carboxylic acids is 1. The zero-order valence-corrected chi connectivity index (χ0v) is 12.5. The van der Waals surface area contributed by atoms with Crippen molar-refractivity contribution in [2.75, 3.05) is 20.8 Å². The van der Waals surface area contributed by atoms with Crippen molar-refractivity contribution < 1.29 is 19.4 Å². The highest BCUT2D eigenvalue weighted by molar-refractivity contribution is 5.95. The second-order valence-electron chi connectivity index (χ2n) is 5.00.